The number of nitrogens with zero attached hydrogens (tertiary/aromatic N) is 3. The fourth-order valence-corrected chi connectivity index (χ4v) is 3.25. The smallest absolute Gasteiger partial charge is 0.261 e. The maximum absolute atomic E-state index is 12.7. The fraction of sp³-hybridized carbons (Fsp3) is 0.471. The van der Waals surface area contributed by atoms with Gasteiger partial charge in [0.2, 0.25) is 0 Å². The van der Waals surface area contributed by atoms with E-state index in [4.69, 9.17) is 0 Å². The van der Waals surface area contributed by atoms with Crippen LogP contribution in [0, 0.1) is 12.8 Å². The minimum atomic E-state index is -0.143. The molecule has 0 saturated heterocycles. The van der Waals surface area contributed by atoms with Crippen molar-refractivity contribution in [3.8, 4) is 0 Å². The first kappa shape index (κ1) is 15.9. The molecule has 0 aromatic carbocycles. The Morgan fingerprint density at radius 3 is 2.83 bits per heavy atom. The second-order valence-corrected chi connectivity index (χ2v) is 7.26. The highest BCUT2D eigenvalue weighted by molar-refractivity contribution is 7.15. The van der Waals surface area contributed by atoms with Crippen LogP contribution in [-0.2, 0) is 6.42 Å². The van der Waals surface area contributed by atoms with Crippen LogP contribution in [0.15, 0.2) is 18.5 Å². The molecule has 0 atom stereocenters. The van der Waals surface area contributed by atoms with Gasteiger partial charge >= 0.3 is 0 Å². The minimum Gasteiger partial charge on any atom is -0.359 e. The standard InChI is InChI=1S/C17H22N4OS/c1-4-13-9-19-17(23-13)20-16(22)14-7-11(2)8-18-15(14)21(3)10-12-5-6-12/h7-9,12H,4-6,10H2,1-3H3,(H,19,20,22). The van der Waals surface area contributed by atoms with Crippen LogP contribution in [0.2, 0.25) is 0 Å². The first-order chi connectivity index (χ1) is 11.1. The van der Waals surface area contributed by atoms with Crippen molar-refractivity contribution in [3.05, 3.63) is 34.5 Å². The lowest BCUT2D eigenvalue weighted by molar-refractivity contribution is 0.102. The van der Waals surface area contributed by atoms with Gasteiger partial charge < -0.3 is 4.90 Å². The van der Waals surface area contributed by atoms with Crippen LogP contribution in [0.4, 0.5) is 10.9 Å². The molecule has 6 heteroatoms. The molecule has 23 heavy (non-hydrogen) atoms. The van der Waals surface area contributed by atoms with Crippen molar-refractivity contribution in [1.29, 1.82) is 0 Å². The van der Waals surface area contributed by atoms with Crippen molar-refractivity contribution in [2.24, 2.45) is 5.92 Å². The van der Waals surface area contributed by atoms with Crippen LogP contribution < -0.4 is 10.2 Å². The van der Waals surface area contributed by atoms with Gasteiger partial charge in [-0.05, 0) is 43.7 Å². The normalized spacial score (nSPS) is 13.9. The Bertz CT molecular complexity index is 708. The summed E-state index contributed by atoms with van der Waals surface area (Å²) in [4.78, 5) is 24.7. The number of anilines is 2. The molecule has 0 aliphatic heterocycles. The Labute approximate surface area is 140 Å². The summed E-state index contributed by atoms with van der Waals surface area (Å²) in [7, 11) is 2.01. The predicted molar refractivity (Wildman–Crippen MR) is 94.4 cm³/mol. The second kappa shape index (κ2) is 6.66. The molecule has 1 N–H and O–H groups in total. The van der Waals surface area contributed by atoms with Crippen LogP contribution in [0.25, 0.3) is 0 Å². The van der Waals surface area contributed by atoms with E-state index in [-0.39, 0.29) is 5.91 Å². The number of amides is 1. The number of nitrogens with one attached hydrogen (secondary N) is 1. The van der Waals surface area contributed by atoms with Gasteiger partial charge in [-0.1, -0.05) is 6.92 Å². The number of carbonyl (C=O) groups is 1. The van der Waals surface area contributed by atoms with Crippen molar-refractivity contribution >= 4 is 28.2 Å². The maximum atomic E-state index is 12.7. The Hall–Kier alpha value is -1.95. The lowest BCUT2D eigenvalue weighted by Crippen LogP contribution is -2.25. The summed E-state index contributed by atoms with van der Waals surface area (Å²) in [5.41, 5.74) is 1.59. The summed E-state index contributed by atoms with van der Waals surface area (Å²) in [6, 6.07) is 1.90. The van der Waals surface area contributed by atoms with E-state index in [9.17, 15) is 4.79 Å². The summed E-state index contributed by atoms with van der Waals surface area (Å²) >= 11 is 1.52. The molecule has 1 amide bonds. The quantitative estimate of drug-likeness (QED) is 0.880. The van der Waals surface area contributed by atoms with Gasteiger partial charge in [0.05, 0.1) is 5.56 Å². The zero-order valence-corrected chi connectivity index (χ0v) is 14.6. The molecule has 1 aliphatic rings. The van der Waals surface area contributed by atoms with Gasteiger partial charge in [-0.3, -0.25) is 10.1 Å². The molecule has 1 saturated carbocycles. The van der Waals surface area contributed by atoms with Crippen molar-refractivity contribution in [1.82, 2.24) is 9.97 Å². The number of carbonyl (C=O) groups excluding carboxylic acids is 1. The summed E-state index contributed by atoms with van der Waals surface area (Å²) in [5.74, 6) is 1.34. The van der Waals surface area contributed by atoms with Crippen LogP contribution in [0.3, 0.4) is 0 Å². The second-order valence-electron chi connectivity index (χ2n) is 6.15. The number of thiazole rings is 1. The van der Waals surface area contributed by atoms with E-state index in [1.165, 1.54) is 24.2 Å². The van der Waals surface area contributed by atoms with Crippen molar-refractivity contribution in [2.45, 2.75) is 33.1 Å². The largest absolute Gasteiger partial charge is 0.359 e. The first-order valence-electron chi connectivity index (χ1n) is 8.00. The third kappa shape index (κ3) is 3.88. The van der Waals surface area contributed by atoms with E-state index in [1.807, 2.05) is 32.4 Å². The molecule has 2 heterocycles. The van der Waals surface area contributed by atoms with Gasteiger partial charge in [0.15, 0.2) is 5.13 Å². The Morgan fingerprint density at radius 1 is 1.39 bits per heavy atom. The van der Waals surface area contributed by atoms with Crippen LogP contribution in [0.5, 0.6) is 0 Å². The van der Waals surface area contributed by atoms with Gasteiger partial charge in [0.1, 0.15) is 5.82 Å². The maximum Gasteiger partial charge on any atom is 0.261 e. The van der Waals surface area contributed by atoms with Gasteiger partial charge in [0, 0.05) is 30.9 Å². The third-order valence-corrected chi connectivity index (χ3v) is 5.02. The van der Waals surface area contributed by atoms with E-state index >= 15 is 0 Å². The molecular formula is C17H22N4OS. The Kier molecular flexibility index (Phi) is 4.61. The summed E-state index contributed by atoms with van der Waals surface area (Å²) in [6.45, 7) is 4.98. The molecule has 1 fully saturated rings. The zero-order chi connectivity index (χ0) is 16.4. The van der Waals surface area contributed by atoms with Gasteiger partial charge in [-0.2, -0.15) is 0 Å². The Morgan fingerprint density at radius 2 is 2.17 bits per heavy atom. The number of rotatable bonds is 6. The van der Waals surface area contributed by atoms with Crippen molar-refractivity contribution < 1.29 is 4.79 Å². The highest BCUT2D eigenvalue weighted by Crippen LogP contribution is 2.31. The van der Waals surface area contributed by atoms with Crippen LogP contribution in [0.1, 0.15) is 40.6 Å². The predicted octanol–water partition coefficient (Wildman–Crippen LogP) is 3.51. The molecule has 0 radical (unpaired) electrons. The molecule has 5 nitrogen and oxygen atoms in total. The summed E-state index contributed by atoms with van der Waals surface area (Å²) in [6.07, 6.45) is 7.10. The SMILES string of the molecule is CCc1cnc(NC(=O)c2cc(C)cnc2N(C)CC2CC2)s1. The molecule has 1 aliphatic carbocycles. The molecule has 0 bridgehead atoms. The number of aromatic nitrogens is 2. The molecule has 2 aromatic rings. The highest BCUT2D eigenvalue weighted by Gasteiger charge is 2.25. The van der Waals surface area contributed by atoms with Crippen molar-refractivity contribution in [3.63, 3.8) is 0 Å². The van der Waals surface area contributed by atoms with Gasteiger partial charge in [-0.15, -0.1) is 11.3 Å². The van der Waals surface area contributed by atoms with Crippen molar-refractivity contribution in [2.75, 3.05) is 23.8 Å². The van der Waals surface area contributed by atoms with E-state index in [0.717, 1.165) is 35.1 Å². The highest BCUT2D eigenvalue weighted by atomic mass is 32.1. The zero-order valence-electron chi connectivity index (χ0n) is 13.8. The Balaban J connectivity index is 1.81. The van der Waals surface area contributed by atoms with Gasteiger partial charge in [0.25, 0.3) is 5.91 Å². The molecular weight excluding hydrogens is 308 g/mol. The monoisotopic (exact) mass is 330 g/mol. The number of hydrogen-bond acceptors (Lipinski definition) is 5. The van der Waals surface area contributed by atoms with E-state index in [0.29, 0.717) is 10.7 Å². The number of aryl methyl sites for hydroxylation is 2. The van der Waals surface area contributed by atoms with E-state index in [2.05, 4.69) is 27.1 Å². The molecule has 0 unspecified atom stereocenters. The lowest BCUT2D eigenvalue weighted by Gasteiger charge is -2.20. The number of hydrogen-bond donors (Lipinski definition) is 1. The average molecular weight is 330 g/mol. The average Bonchev–Trinajstić information content (AvgIpc) is 3.23. The van der Waals surface area contributed by atoms with Gasteiger partial charge in [-0.25, -0.2) is 9.97 Å². The first-order valence-corrected chi connectivity index (χ1v) is 8.82. The topological polar surface area (TPSA) is 58.1 Å². The fourth-order valence-electron chi connectivity index (χ4n) is 2.50. The molecule has 122 valence electrons. The summed E-state index contributed by atoms with van der Waals surface area (Å²) < 4.78 is 0. The van der Waals surface area contributed by atoms with Crippen LogP contribution >= 0.6 is 11.3 Å². The molecule has 0 spiro atoms. The minimum absolute atomic E-state index is 0.143. The summed E-state index contributed by atoms with van der Waals surface area (Å²) in [5, 5.41) is 3.55. The lowest BCUT2D eigenvalue weighted by atomic mass is 10.1. The molecule has 3 rings (SSSR count). The third-order valence-electron chi connectivity index (χ3n) is 3.96. The number of pyridine rings is 1. The van der Waals surface area contributed by atoms with Crippen LogP contribution in [-0.4, -0.2) is 29.5 Å². The van der Waals surface area contributed by atoms with E-state index in [1.54, 1.807) is 0 Å². The molecule has 2 aromatic heterocycles. The van der Waals surface area contributed by atoms with E-state index < -0.39 is 0 Å².